The fourth-order valence-corrected chi connectivity index (χ4v) is 4.04. The molecule has 3 heteroatoms. The molecular formula is C18H31N3. The van der Waals surface area contributed by atoms with Crippen LogP contribution in [-0.2, 0) is 6.42 Å². The second kappa shape index (κ2) is 7.39. The molecule has 1 aliphatic heterocycles. The molecule has 1 heterocycles. The summed E-state index contributed by atoms with van der Waals surface area (Å²) in [6.07, 6.45) is 5.93. The predicted molar refractivity (Wildman–Crippen MR) is 90.1 cm³/mol. The summed E-state index contributed by atoms with van der Waals surface area (Å²) in [7, 11) is 0. The fraction of sp³-hybridized carbons (Fsp3) is 0.667. The SMILES string of the molecule is CCC(CC)(C(Cc1ccccc1C)NN)N1CCCC1. The van der Waals surface area contributed by atoms with E-state index < -0.39 is 0 Å². The van der Waals surface area contributed by atoms with E-state index in [-0.39, 0.29) is 5.54 Å². The van der Waals surface area contributed by atoms with Gasteiger partial charge in [0.15, 0.2) is 0 Å². The van der Waals surface area contributed by atoms with Crippen LogP contribution in [0.1, 0.15) is 50.7 Å². The zero-order chi connectivity index (χ0) is 15.3. The highest BCUT2D eigenvalue weighted by Crippen LogP contribution is 2.33. The summed E-state index contributed by atoms with van der Waals surface area (Å²) in [6, 6.07) is 8.97. The molecule has 1 aromatic rings. The van der Waals surface area contributed by atoms with Gasteiger partial charge in [0.2, 0.25) is 0 Å². The van der Waals surface area contributed by atoms with E-state index in [1.807, 2.05) is 0 Å². The number of hydrazine groups is 1. The monoisotopic (exact) mass is 289 g/mol. The Bertz CT molecular complexity index is 434. The minimum Gasteiger partial charge on any atom is -0.296 e. The molecule has 1 atom stereocenters. The van der Waals surface area contributed by atoms with Gasteiger partial charge in [-0.15, -0.1) is 0 Å². The lowest BCUT2D eigenvalue weighted by atomic mass is 9.79. The maximum absolute atomic E-state index is 6.00. The van der Waals surface area contributed by atoms with Gasteiger partial charge in [-0.3, -0.25) is 16.2 Å². The maximum Gasteiger partial charge on any atom is 0.0434 e. The second-order valence-corrected chi connectivity index (χ2v) is 6.35. The van der Waals surface area contributed by atoms with Gasteiger partial charge in [-0.25, -0.2) is 0 Å². The molecule has 21 heavy (non-hydrogen) atoms. The molecule has 0 amide bonds. The Morgan fingerprint density at radius 2 is 1.81 bits per heavy atom. The zero-order valence-electron chi connectivity index (χ0n) is 13.9. The van der Waals surface area contributed by atoms with Crippen LogP contribution >= 0.6 is 0 Å². The Morgan fingerprint density at radius 1 is 1.19 bits per heavy atom. The van der Waals surface area contributed by atoms with Gasteiger partial charge in [0.25, 0.3) is 0 Å². The largest absolute Gasteiger partial charge is 0.296 e. The van der Waals surface area contributed by atoms with E-state index in [0.717, 1.165) is 19.3 Å². The first-order chi connectivity index (χ1) is 10.2. The van der Waals surface area contributed by atoms with Crippen molar-refractivity contribution in [2.24, 2.45) is 5.84 Å². The lowest BCUT2D eigenvalue weighted by Gasteiger charge is -2.47. The lowest BCUT2D eigenvalue weighted by Crippen LogP contribution is -2.62. The third kappa shape index (κ3) is 3.31. The van der Waals surface area contributed by atoms with Crippen LogP contribution in [0.4, 0.5) is 0 Å². The normalized spacial score (nSPS) is 18.1. The number of likely N-dealkylation sites (tertiary alicyclic amines) is 1. The van der Waals surface area contributed by atoms with Crippen LogP contribution in [0.5, 0.6) is 0 Å². The molecule has 3 N–H and O–H groups in total. The highest BCUT2D eigenvalue weighted by atomic mass is 15.3. The summed E-state index contributed by atoms with van der Waals surface area (Å²) in [6.45, 7) is 9.24. The Hall–Kier alpha value is -0.900. The van der Waals surface area contributed by atoms with Crippen molar-refractivity contribution >= 4 is 0 Å². The van der Waals surface area contributed by atoms with Crippen molar-refractivity contribution in [2.75, 3.05) is 13.1 Å². The van der Waals surface area contributed by atoms with Crippen molar-refractivity contribution in [1.29, 1.82) is 0 Å². The summed E-state index contributed by atoms with van der Waals surface area (Å²) in [5, 5.41) is 0. The number of rotatable bonds is 7. The summed E-state index contributed by atoms with van der Waals surface area (Å²) < 4.78 is 0. The minimum atomic E-state index is 0.174. The summed E-state index contributed by atoms with van der Waals surface area (Å²) >= 11 is 0. The number of benzene rings is 1. The van der Waals surface area contributed by atoms with Gasteiger partial charge >= 0.3 is 0 Å². The van der Waals surface area contributed by atoms with E-state index in [2.05, 4.69) is 55.4 Å². The number of aryl methyl sites for hydroxylation is 1. The van der Waals surface area contributed by atoms with Crippen molar-refractivity contribution in [1.82, 2.24) is 10.3 Å². The van der Waals surface area contributed by atoms with Gasteiger partial charge in [-0.05, 0) is 63.2 Å². The second-order valence-electron chi connectivity index (χ2n) is 6.35. The number of hydrogen-bond donors (Lipinski definition) is 2. The first-order valence-corrected chi connectivity index (χ1v) is 8.43. The molecule has 3 nitrogen and oxygen atoms in total. The van der Waals surface area contributed by atoms with Gasteiger partial charge < -0.3 is 0 Å². The van der Waals surface area contributed by atoms with Crippen molar-refractivity contribution in [3.63, 3.8) is 0 Å². The van der Waals surface area contributed by atoms with Gasteiger partial charge in [0, 0.05) is 11.6 Å². The molecule has 118 valence electrons. The Kier molecular flexibility index (Phi) is 5.80. The Labute approximate surface area is 129 Å². The van der Waals surface area contributed by atoms with Gasteiger partial charge in [0.1, 0.15) is 0 Å². The first-order valence-electron chi connectivity index (χ1n) is 8.43. The number of nitrogens with two attached hydrogens (primary N) is 1. The van der Waals surface area contributed by atoms with Gasteiger partial charge in [-0.2, -0.15) is 0 Å². The third-order valence-electron chi connectivity index (χ3n) is 5.50. The molecule has 2 rings (SSSR count). The highest BCUT2D eigenvalue weighted by molar-refractivity contribution is 5.27. The van der Waals surface area contributed by atoms with E-state index in [1.54, 1.807) is 0 Å². The summed E-state index contributed by atoms with van der Waals surface area (Å²) in [4.78, 5) is 2.68. The van der Waals surface area contributed by atoms with Crippen LogP contribution in [-0.4, -0.2) is 29.6 Å². The first kappa shape index (κ1) is 16.5. The van der Waals surface area contributed by atoms with E-state index in [4.69, 9.17) is 5.84 Å². The van der Waals surface area contributed by atoms with E-state index in [9.17, 15) is 0 Å². The molecule has 1 aliphatic rings. The lowest BCUT2D eigenvalue weighted by molar-refractivity contribution is 0.0620. The van der Waals surface area contributed by atoms with E-state index >= 15 is 0 Å². The summed E-state index contributed by atoms with van der Waals surface area (Å²) in [5.74, 6) is 6.00. The van der Waals surface area contributed by atoms with Crippen LogP contribution in [0.25, 0.3) is 0 Å². The molecule has 0 spiro atoms. The molecule has 0 saturated carbocycles. The topological polar surface area (TPSA) is 41.3 Å². The Morgan fingerprint density at radius 3 is 2.33 bits per heavy atom. The minimum absolute atomic E-state index is 0.174. The van der Waals surface area contributed by atoms with Gasteiger partial charge in [0.05, 0.1) is 0 Å². The smallest absolute Gasteiger partial charge is 0.0434 e. The van der Waals surface area contributed by atoms with Crippen molar-refractivity contribution in [3.8, 4) is 0 Å². The maximum atomic E-state index is 6.00. The van der Waals surface area contributed by atoms with Crippen molar-refractivity contribution in [3.05, 3.63) is 35.4 Å². The van der Waals surface area contributed by atoms with E-state index in [0.29, 0.717) is 6.04 Å². The standard InChI is InChI=1S/C18H31N3/c1-4-18(5-2,21-12-8-9-13-21)17(20-19)14-16-11-7-6-10-15(16)3/h6-7,10-11,17,20H,4-5,8-9,12-14,19H2,1-3H3. The van der Waals surface area contributed by atoms with E-state index in [1.165, 1.54) is 37.1 Å². The Balaban J connectivity index is 2.25. The highest BCUT2D eigenvalue weighted by Gasteiger charge is 2.41. The fourth-order valence-electron chi connectivity index (χ4n) is 4.04. The molecule has 0 aromatic heterocycles. The van der Waals surface area contributed by atoms with Gasteiger partial charge in [-0.1, -0.05) is 38.1 Å². The quantitative estimate of drug-likeness (QED) is 0.599. The van der Waals surface area contributed by atoms with Crippen LogP contribution in [0, 0.1) is 6.92 Å². The average molecular weight is 289 g/mol. The number of hydrogen-bond acceptors (Lipinski definition) is 3. The summed E-state index contributed by atoms with van der Waals surface area (Å²) in [5.41, 5.74) is 6.10. The predicted octanol–water partition coefficient (Wildman–Crippen LogP) is 3.02. The van der Waals surface area contributed by atoms with Crippen LogP contribution in [0.2, 0.25) is 0 Å². The molecule has 1 fully saturated rings. The van der Waals surface area contributed by atoms with Crippen LogP contribution < -0.4 is 11.3 Å². The zero-order valence-corrected chi connectivity index (χ0v) is 13.9. The van der Waals surface area contributed by atoms with Crippen molar-refractivity contribution in [2.45, 2.75) is 64.5 Å². The van der Waals surface area contributed by atoms with Crippen LogP contribution in [0.3, 0.4) is 0 Å². The molecule has 1 aromatic carbocycles. The number of nitrogens with one attached hydrogen (secondary N) is 1. The molecule has 0 bridgehead atoms. The molecule has 1 saturated heterocycles. The molecule has 0 radical (unpaired) electrons. The van der Waals surface area contributed by atoms with Crippen molar-refractivity contribution < 1.29 is 0 Å². The molecule has 1 unspecified atom stereocenters. The molecule has 0 aliphatic carbocycles. The van der Waals surface area contributed by atoms with Crippen LogP contribution in [0.15, 0.2) is 24.3 Å². The number of nitrogens with zero attached hydrogens (tertiary/aromatic N) is 1. The third-order valence-corrected chi connectivity index (χ3v) is 5.50. The molecular weight excluding hydrogens is 258 g/mol. The average Bonchev–Trinajstić information content (AvgIpc) is 3.04.